The predicted octanol–water partition coefficient (Wildman–Crippen LogP) is 5.18. The Hall–Kier alpha value is -3.61. The molecule has 0 aliphatic heterocycles. The number of ether oxygens (including phenoxy) is 1. The Kier molecular flexibility index (Phi) is 9.14. The number of ketones is 1. The molecule has 1 N–H and O–H groups in total. The first-order valence-electron chi connectivity index (χ1n) is 12.5. The smallest absolute Gasteiger partial charge is 0.408 e. The molecule has 0 heterocycles. The number of nitrogens with one attached hydrogen (secondary N) is 1. The van der Waals surface area contributed by atoms with Crippen LogP contribution in [0.25, 0.3) is 0 Å². The molecule has 2 atom stereocenters. The van der Waals surface area contributed by atoms with E-state index in [0.717, 1.165) is 15.9 Å². The second kappa shape index (κ2) is 12.1. The highest BCUT2D eigenvalue weighted by atomic mass is 31.2. The van der Waals surface area contributed by atoms with Crippen molar-refractivity contribution in [3.05, 3.63) is 91.0 Å². The molecule has 6 heteroatoms. The SMILES string of the molecule is CCC(C)[C@H](NC(=O)OC(C)(C)C)C(=O)C(C#N)=P(c1ccccc1)(c1ccccc1)c1ccccc1. The molecule has 0 aliphatic carbocycles. The molecule has 0 saturated heterocycles. The Morgan fingerprint density at radius 3 is 1.59 bits per heavy atom. The first kappa shape index (κ1) is 28.0. The van der Waals surface area contributed by atoms with Crippen LogP contribution in [0.2, 0.25) is 0 Å². The third kappa shape index (κ3) is 6.21. The predicted molar refractivity (Wildman–Crippen MR) is 153 cm³/mol. The van der Waals surface area contributed by atoms with E-state index in [1.807, 2.05) is 105 Å². The second-order valence-corrected chi connectivity index (χ2v) is 13.3. The van der Waals surface area contributed by atoms with Crippen LogP contribution >= 0.6 is 6.89 Å². The van der Waals surface area contributed by atoms with Gasteiger partial charge in [-0.25, -0.2) is 4.79 Å². The number of nitriles is 1. The largest absolute Gasteiger partial charge is 0.444 e. The van der Waals surface area contributed by atoms with E-state index < -0.39 is 24.6 Å². The van der Waals surface area contributed by atoms with Crippen molar-refractivity contribution in [2.75, 3.05) is 0 Å². The van der Waals surface area contributed by atoms with Gasteiger partial charge in [-0.2, -0.15) is 5.26 Å². The van der Waals surface area contributed by atoms with Crippen molar-refractivity contribution in [2.45, 2.75) is 52.7 Å². The molecule has 1 unspecified atom stereocenters. The zero-order chi connectivity index (χ0) is 27.1. The molecule has 3 aromatic rings. The highest BCUT2D eigenvalue weighted by Gasteiger charge is 2.38. The number of alkyl carbamates (subject to hydrolysis) is 1. The number of benzene rings is 3. The topological polar surface area (TPSA) is 79.2 Å². The maximum atomic E-state index is 14.4. The van der Waals surface area contributed by atoms with Crippen LogP contribution in [0.15, 0.2) is 91.0 Å². The third-order valence-corrected chi connectivity index (χ3v) is 10.5. The Balaban J connectivity index is 2.39. The maximum absolute atomic E-state index is 14.4. The Morgan fingerprint density at radius 1 is 0.865 bits per heavy atom. The zero-order valence-corrected chi connectivity index (χ0v) is 23.0. The lowest BCUT2D eigenvalue weighted by molar-refractivity contribution is -0.115. The molecule has 3 aromatic carbocycles. The van der Waals surface area contributed by atoms with Crippen molar-refractivity contribution in [1.29, 1.82) is 5.26 Å². The number of amides is 1. The average molecular weight is 515 g/mol. The minimum Gasteiger partial charge on any atom is -0.444 e. The number of carbonyl (C=O) groups excluding carboxylic acids is 2. The number of carbonyl (C=O) groups is 2. The Labute approximate surface area is 220 Å². The van der Waals surface area contributed by atoms with Gasteiger partial charge < -0.3 is 10.1 Å². The molecule has 0 radical (unpaired) electrons. The second-order valence-electron chi connectivity index (χ2n) is 10.0. The number of Topliss-reactive ketones (excluding diaryl/α,β-unsaturated/α-hetero) is 1. The van der Waals surface area contributed by atoms with Crippen LogP contribution < -0.4 is 21.2 Å². The van der Waals surface area contributed by atoms with Crippen molar-refractivity contribution in [2.24, 2.45) is 5.92 Å². The van der Waals surface area contributed by atoms with Gasteiger partial charge in [0.1, 0.15) is 17.0 Å². The van der Waals surface area contributed by atoms with E-state index in [0.29, 0.717) is 6.42 Å². The molecule has 192 valence electrons. The summed E-state index contributed by atoms with van der Waals surface area (Å²) in [5.74, 6) is -0.597. The van der Waals surface area contributed by atoms with Crippen LogP contribution in [0.4, 0.5) is 4.79 Å². The molecule has 0 fully saturated rings. The normalized spacial score (nSPS) is 13.1. The summed E-state index contributed by atoms with van der Waals surface area (Å²) in [6.45, 7) is 6.29. The molecule has 37 heavy (non-hydrogen) atoms. The van der Waals surface area contributed by atoms with Crippen LogP contribution in [0, 0.1) is 17.2 Å². The van der Waals surface area contributed by atoms with Crippen molar-refractivity contribution in [3.8, 4) is 6.07 Å². The quantitative estimate of drug-likeness (QED) is 0.420. The number of nitrogens with zero attached hydrogens (tertiary/aromatic N) is 1. The highest BCUT2D eigenvalue weighted by molar-refractivity contribution is 7.97. The van der Waals surface area contributed by atoms with Gasteiger partial charge in [0, 0.05) is 0 Å². The van der Waals surface area contributed by atoms with E-state index >= 15 is 0 Å². The van der Waals surface area contributed by atoms with E-state index in [2.05, 4.69) is 11.4 Å². The zero-order valence-electron chi connectivity index (χ0n) is 22.1. The monoisotopic (exact) mass is 514 g/mol. The molecule has 0 spiro atoms. The summed E-state index contributed by atoms with van der Waals surface area (Å²) < 4.78 is 5.48. The van der Waals surface area contributed by atoms with E-state index in [1.165, 1.54) is 0 Å². The summed E-state index contributed by atoms with van der Waals surface area (Å²) in [6.07, 6.45) is -0.0373. The first-order chi connectivity index (χ1) is 17.6. The maximum Gasteiger partial charge on any atom is 0.408 e. The lowest BCUT2D eigenvalue weighted by Gasteiger charge is -2.32. The summed E-state index contributed by atoms with van der Waals surface area (Å²) in [6, 6.07) is 30.7. The fraction of sp³-hybridized carbons (Fsp3) is 0.290. The lowest BCUT2D eigenvalue weighted by Crippen LogP contribution is -2.50. The van der Waals surface area contributed by atoms with Gasteiger partial charge in [0.25, 0.3) is 0 Å². The van der Waals surface area contributed by atoms with Gasteiger partial charge >= 0.3 is 6.09 Å². The molecule has 0 saturated carbocycles. The van der Waals surface area contributed by atoms with Crippen LogP contribution in [-0.4, -0.2) is 28.8 Å². The standard InChI is InChI=1S/C31H35N2O3P/c1-6-23(2)28(33-30(35)36-31(3,4)5)29(34)27(22-32)37(24-16-10-7-11-17-24,25-18-12-8-13-19-25)26-20-14-9-15-21-26/h7-21,23,28H,6H2,1-5H3,(H,33,35)/t23?,28-/m0/s1. The van der Waals surface area contributed by atoms with E-state index in [1.54, 1.807) is 20.8 Å². The minimum absolute atomic E-state index is 0.150. The fourth-order valence-corrected chi connectivity index (χ4v) is 8.52. The van der Waals surface area contributed by atoms with Crippen molar-refractivity contribution >= 4 is 40.0 Å². The van der Waals surface area contributed by atoms with Crippen molar-refractivity contribution in [3.63, 3.8) is 0 Å². The van der Waals surface area contributed by atoms with Crippen LogP contribution in [0.1, 0.15) is 41.0 Å². The summed E-state index contributed by atoms with van der Waals surface area (Å²) in [5, 5.41) is 16.4. The van der Waals surface area contributed by atoms with Crippen LogP contribution in [0.3, 0.4) is 0 Å². The molecule has 0 aromatic heterocycles. The van der Waals surface area contributed by atoms with E-state index in [-0.39, 0.29) is 17.0 Å². The summed E-state index contributed by atoms with van der Waals surface area (Å²) in [5.41, 5.74) is -0.718. The van der Waals surface area contributed by atoms with Crippen molar-refractivity contribution < 1.29 is 14.3 Å². The minimum atomic E-state index is -2.89. The lowest BCUT2D eigenvalue weighted by atomic mass is 9.94. The van der Waals surface area contributed by atoms with Gasteiger partial charge in [0.05, 0.1) is 6.04 Å². The van der Waals surface area contributed by atoms with Gasteiger partial charge in [0.2, 0.25) is 0 Å². The molecular formula is C31H35N2O3P. The van der Waals surface area contributed by atoms with Crippen LogP contribution in [-0.2, 0) is 9.53 Å². The van der Waals surface area contributed by atoms with Gasteiger partial charge in [-0.15, -0.1) is 0 Å². The molecule has 3 rings (SSSR count). The first-order valence-corrected chi connectivity index (χ1v) is 14.3. The number of rotatable bonds is 8. The van der Waals surface area contributed by atoms with E-state index in [9.17, 15) is 14.9 Å². The van der Waals surface area contributed by atoms with E-state index in [4.69, 9.17) is 4.74 Å². The molecule has 1 amide bonds. The highest BCUT2D eigenvalue weighted by Crippen LogP contribution is 2.46. The average Bonchev–Trinajstić information content (AvgIpc) is 2.90. The Bertz CT molecular complexity index is 1200. The third-order valence-electron chi connectivity index (χ3n) is 6.27. The molecule has 0 aliphatic rings. The summed E-state index contributed by atoms with van der Waals surface area (Å²) in [4.78, 5) is 27.2. The Morgan fingerprint density at radius 2 is 1.27 bits per heavy atom. The van der Waals surface area contributed by atoms with Crippen LogP contribution in [0.5, 0.6) is 0 Å². The summed E-state index contributed by atoms with van der Waals surface area (Å²) >= 11 is 0. The number of hydrogen-bond donors (Lipinski definition) is 1. The van der Waals surface area contributed by atoms with Gasteiger partial charge in [-0.1, -0.05) is 111 Å². The molecule has 5 nitrogen and oxygen atoms in total. The molecule has 0 bridgehead atoms. The fourth-order valence-electron chi connectivity index (χ4n) is 4.37. The van der Waals surface area contributed by atoms with Gasteiger partial charge in [0.15, 0.2) is 5.78 Å². The van der Waals surface area contributed by atoms with Gasteiger partial charge in [-0.05, 0) is 49.5 Å². The number of hydrogen-bond acceptors (Lipinski definition) is 4. The molecular weight excluding hydrogens is 479 g/mol. The van der Waals surface area contributed by atoms with Crippen molar-refractivity contribution in [1.82, 2.24) is 5.32 Å². The summed E-state index contributed by atoms with van der Waals surface area (Å²) in [7, 11) is 0. The van der Waals surface area contributed by atoms with Gasteiger partial charge in [-0.3, -0.25) is 4.79 Å².